The smallest absolute Gasteiger partial charge is 0.272 e. The maximum Gasteiger partial charge on any atom is 0.272 e. The molecule has 0 amide bonds. The Labute approximate surface area is 176 Å². The largest absolute Gasteiger partial charge is 0.371 e. The van der Waals surface area contributed by atoms with Crippen LogP contribution in [0.1, 0.15) is 23.0 Å². The number of anilines is 2. The highest BCUT2D eigenvalue weighted by molar-refractivity contribution is 5.71. The third-order valence-electron chi connectivity index (χ3n) is 5.34. The van der Waals surface area contributed by atoms with Crippen LogP contribution in [-0.2, 0) is 11.3 Å². The maximum absolute atomic E-state index is 13.8. The number of rotatable bonds is 4. The average Bonchev–Trinajstić information content (AvgIpc) is 3.19. The number of aryl methyl sites for hydroxylation is 1. The van der Waals surface area contributed by atoms with Crippen molar-refractivity contribution >= 4 is 11.6 Å². The average molecular weight is 418 g/mol. The minimum atomic E-state index is -0.307. The van der Waals surface area contributed by atoms with Gasteiger partial charge in [0.25, 0.3) is 5.56 Å². The zero-order valence-corrected chi connectivity index (χ0v) is 16.7. The van der Waals surface area contributed by atoms with Gasteiger partial charge in [0.1, 0.15) is 12.4 Å². The van der Waals surface area contributed by atoms with Gasteiger partial charge in [0.05, 0.1) is 18.2 Å². The van der Waals surface area contributed by atoms with Crippen LogP contribution in [0.2, 0.25) is 0 Å². The Kier molecular flexibility index (Phi) is 4.79. The molecule has 0 aliphatic carbocycles. The molecular weight excluding hydrogens is 399 g/mol. The summed E-state index contributed by atoms with van der Waals surface area (Å²) in [6, 6.07) is 13.5. The van der Waals surface area contributed by atoms with E-state index in [1.54, 1.807) is 18.3 Å². The highest BCUT2D eigenvalue weighted by Gasteiger charge is 2.27. The number of nitrogens with zero attached hydrogens (tertiary/aromatic N) is 4. The number of aromatic amines is 1. The first-order valence-electron chi connectivity index (χ1n) is 9.79. The fourth-order valence-electron chi connectivity index (χ4n) is 3.75. The number of nitrogens with one attached hydrogen (secondary N) is 2. The van der Waals surface area contributed by atoms with E-state index in [0.29, 0.717) is 30.5 Å². The van der Waals surface area contributed by atoms with Gasteiger partial charge >= 0.3 is 0 Å². The molecule has 156 valence electrons. The molecule has 2 aromatic carbocycles. The molecule has 0 unspecified atom stereocenters. The molecule has 0 radical (unpaired) electrons. The highest BCUT2D eigenvalue weighted by Crippen LogP contribution is 2.31. The van der Waals surface area contributed by atoms with E-state index in [-0.39, 0.29) is 17.4 Å². The Morgan fingerprint density at radius 3 is 2.94 bits per heavy atom. The van der Waals surface area contributed by atoms with Crippen LogP contribution in [0, 0.1) is 12.7 Å². The number of aromatic nitrogens is 5. The summed E-state index contributed by atoms with van der Waals surface area (Å²) in [5.74, 6) is 0.872. The van der Waals surface area contributed by atoms with Crippen LogP contribution < -0.4 is 10.9 Å². The lowest BCUT2D eigenvalue weighted by Crippen LogP contribution is -2.26. The summed E-state index contributed by atoms with van der Waals surface area (Å²) in [5, 5.41) is 18.1. The second-order valence-corrected chi connectivity index (χ2v) is 7.35. The fourth-order valence-corrected chi connectivity index (χ4v) is 3.75. The molecule has 2 N–H and O–H groups in total. The van der Waals surface area contributed by atoms with Crippen molar-refractivity contribution < 1.29 is 9.13 Å². The molecular formula is C22H19FN6O2. The van der Waals surface area contributed by atoms with Gasteiger partial charge in [0.15, 0.2) is 5.82 Å². The summed E-state index contributed by atoms with van der Waals surface area (Å²) in [6.07, 6.45) is 1.54. The summed E-state index contributed by atoms with van der Waals surface area (Å²) in [5.41, 5.74) is 3.54. The number of hydrogen-bond donors (Lipinski definition) is 2. The van der Waals surface area contributed by atoms with Crippen LogP contribution >= 0.6 is 0 Å². The Hall–Kier alpha value is -3.85. The monoisotopic (exact) mass is 418 g/mol. The Balaban J connectivity index is 1.54. The second-order valence-electron chi connectivity index (χ2n) is 7.35. The normalized spacial score (nSPS) is 15.5. The second kappa shape index (κ2) is 7.77. The summed E-state index contributed by atoms with van der Waals surface area (Å²) >= 11 is 0. The number of benzene rings is 2. The van der Waals surface area contributed by atoms with E-state index in [9.17, 15) is 9.18 Å². The van der Waals surface area contributed by atoms with Gasteiger partial charge in [-0.2, -0.15) is 5.10 Å². The third kappa shape index (κ3) is 3.59. The first-order valence-corrected chi connectivity index (χ1v) is 9.79. The molecule has 31 heavy (non-hydrogen) atoms. The van der Waals surface area contributed by atoms with Crippen LogP contribution in [0.4, 0.5) is 16.0 Å². The van der Waals surface area contributed by atoms with Crippen LogP contribution in [0.3, 0.4) is 0 Å². The van der Waals surface area contributed by atoms with Crippen molar-refractivity contribution in [2.75, 3.05) is 11.9 Å². The van der Waals surface area contributed by atoms with Crippen molar-refractivity contribution in [3.63, 3.8) is 0 Å². The van der Waals surface area contributed by atoms with Gasteiger partial charge in [-0.1, -0.05) is 24.3 Å². The van der Waals surface area contributed by atoms with E-state index < -0.39 is 0 Å². The zero-order chi connectivity index (χ0) is 21.4. The Morgan fingerprint density at radius 2 is 2.10 bits per heavy atom. The van der Waals surface area contributed by atoms with E-state index in [4.69, 9.17) is 4.74 Å². The molecule has 1 aliphatic heterocycles. The summed E-state index contributed by atoms with van der Waals surface area (Å²) in [7, 11) is 0. The van der Waals surface area contributed by atoms with E-state index in [1.165, 1.54) is 12.1 Å². The molecule has 8 nitrogen and oxygen atoms in total. The van der Waals surface area contributed by atoms with Crippen molar-refractivity contribution in [1.82, 2.24) is 25.0 Å². The number of hydrogen-bond acceptors (Lipinski definition) is 6. The van der Waals surface area contributed by atoms with Crippen LogP contribution in [0.5, 0.6) is 0 Å². The number of fused-ring (bicyclic) bond motifs is 1. The SMILES string of the molecule is Cc1ccc(-c2ccn[nH]c2=O)cc1Nc1nnc2n1[C@H](c1cccc(F)c1)COC2. The zero-order valence-electron chi connectivity index (χ0n) is 16.7. The lowest BCUT2D eigenvalue weighted by atomic mass is 10.0. The van der Waals surface area contributed by atoms with Crippen molar-refractivity contribution in [2.45, 2.75) is 19.6 Å². The van der Waals surface area contributed by atoms with Crippen LogP contribution in [-0.4, -0.2) is 31.6 Å². The molecule has 1 atom stereocenters. The van der Waals surface area contributed by atoms with Crippen molar-refractivity contribution in [3.05, 3.63) is 87.9 Å². The van der Waals surface area contributed by atoms with E-state index in [0.717, 1.165) is 22.4 Å². The van der Waals surface area contributed by atoms with Crippen molar-refractivity contribution in [3.8, 4) is 11.1 Å². The molecule has 9 heteroatoms. The van der Waals surface area contributed by atoms with Crippen molar-refractivity contribution in [2.24, 2.45) is 0 Å². The van der Waals surface area contributed by atoms with Crippen LogP contribution in [0.15, 0.2) is 59.5 Å². The summed E-state index contributed by atoms with van der Waals surface area (Å²) < 4.78 is 21.4. The quantitative estimate of drug-likeness (QED) is 0.528. The molecule has 4 aromatic rings. The summed E-state index contributed by atoms with van der Waals surface area (Å²) in [4.78, 5) is 12.1. The van der Waals surface area contributed by atoms with Gasteiger partial charge in [-0.25, -0.2) is 9.49 Å². The van der Waals surface area contributed by atoms with E-state index in [2.05, 4.69) is 25.7 Å². The Bertz CT molecular complexity index is 1320. The minimum Gasteiger partial charge on any atom is -0.371 e. The highest BCUT2D eigenvalue weighted by atomic mass is 19.1. The molecule has 2 aromatic heterocycles. The molecule has 5 rings (SSSR count). The Morgan fingerprint density at radius 1 is 1.19 bits per heavy atom. The van der Waals surface area contributed by atoms with Gasteiger partial charge in [-0.3, -0.25) is 9.36 Å². The number of H-pyrrole nitrogens is 1. The standard InChI is InChI=1S/C22H19FN6O2/c1-13-5-6-14(17-7-8-24-27-21(17)30)10-18(13)25-22-28-26-20-12-31-11-19(29(20)22)15-3-2-4-16(23)9-15/h2-10,19H,11-12H2,1H3,(H,25,28)(H,27,30)/t19-/m0/s1. The number of halogens is 1. The van der Waals surface area contributed by atoms with E-state index in [1.807, 2.05) is 35.8 Å². The molecule has 0 bridgehead atoms. The number of ether oxygens (including phenoxy) is 1. The van der Waals surface area contributed by atoms with Gasteiger partial charge in [0.2, 0.25) is 5.95 Å². The first-order chi connectivity index (χ1) is 15.1. The minimum absolute atomic E-state index is 0.261. The lowest BCUT2D eigenvalue weighted by Gasteiger charge is -2.27. The van der Waals surface area contributed by atoms with E-state index >= 15 is 0 Å². The summed E-state index contributed by atoms with van der Waals surface area (Å²) in [6.45, 7) is 2.67. The molecule has 0 saturated heterocycles. The molecule has 0 spiro atoms. The molecule has 1 aliphatic rings. The maximum atomic E-state index is 13.8. The first kappa shape index (κ1) is 19.1. The van der Waals surface area contributed by atoms with Crippen LogP contribution in [0.25, 0.3) is 11.1 Å². The topological polar surface area (TPSA) is 97.7 Å². The van der Waals surface area contributed by atoms with Gasteiger partial charge in [-0.15, -0.1) is 10.2 Å². The van der Waals surface area contributed by atoms with Gasteiger partial charge in [0, 0.05) is 11.9 Å². The molecule has 0 saturated carbocycles. The molecule has 0 fully saturated rings. The van der Waals surface area contributed by atoms with Gasteiger partial charge < -0.3 is 10.1 Å². The van der Waals surface area contributed by atoms with Crippen molar-refractivity contribution in [1.29, 1.82) is 0 Å². The predicted molar refractivity (Wildman–Crippen MR) is 113 cm³/mol. The predicted octanol–water partition coefficient (Wildman–Crippen LogP) is 3.34. The van der Waals surface area contributed by atoms with Gasteiger partial charge in [-0.05, 0) is 47.9 Å². The molecule has 3 heterocycles. The third-order valence-corrected chi connectivity index (χ3v) is 5.34. The fraction of sp³-hybridized carbons (Fsp3) is 0.182. The lowest BCUT2D eigenvalue weighted by molar-refractivity contribution is 0.0669.